The molecule has 2 aromatic rings. The summed E-state index contributed by atoms with van der Waals surface area (Å²) in [7, 11) is 0. The number of Topliss-reactive ketones (excluding diaryl/α,β-unsaturated/α-hetero) is 1. The molecule has 0 fully saturated rings. The summed E-state index contributed by atoms with van der Waals surface area (Å²) < 4.78 is 14.9. The van der Waals surface area contributed by atoms with E-state index < -0.39 is 0 Å². The number of rotatable bonds is 4. The summed E-state index contributed by atoms with van der Waals surface area (Å²) in [6.07, 6.45) is 4.74. The molecule has 0 radical (unpaired) electrons. The molecule has 110 valence electrons. The Balaban J connectivity index is 1.73. The Hall–Kier alpha value is -1.97. The maximum atomic E-state index is 12.9. The van der Waals surface area contributed by atoms with E-state index in [9.17, 15) is 9.18 Å². The lowest BCUT2D eigenvalue weighted by Gasteiger charge is -2.14. The summed E-state index contributed by atoms with van der Waals surface area (Å²) in [5.41, 5.74) is 3.24. The maximum absolute atomic E-state index is 12.9. The van der Waals surface area contributed by atoms with Crippen molar-refractivity contribution in [3.05, 3.63) is 52.9 Å². The zero-order valence-corrected chi connectivity index (χ0v) is 12.2. The Morgan fingerprint density at radius 3 is 2.71 bits per heavy atom. The van der Waals surface area contributed by atoms with Gasteiger partial charge in [0, 0.05) is 12.1 Å². The third-order valence-electron chi connectivity index (χ3n) is 4.07. The lowest BCUT2D eigenvalue weighted by atomic mass is 10.0. The van der Waals surface area contributed by atoms with E-state index in [0.29, 0.717) is 13.0 Å². The Bertz CT molecular complexity index is 658. The quantitative estimate of drug-likeness (QED) is 0.866. The topological polar surface area (TPSA) is 34.9 Å². The summed E-state index contributed by atoms with van der Waals surface area (Å²) in [4.78, 5) is 16.8. The Morgan fingerprint density at radius 2 is 1.95 bits per heavy atom. The molecule has 0 N–H and O–H groups in total. The molecule has 3 nitrogen and oxygen atoms in total. The van der Waals surface area contributed by atoms with Crippen LogP contribution in [0.25, 0.3) is 0 Å². The summed E-state index contributed by atoms with van der Waals surface area (Å²) >= 11 is 0. The molecule has 0 saturated heterocycles. The minimum absolute atomic E-state index is 0.135. The van der Waals surface area contributed by atoms with Crippen LogP contribution in [-0.4, -0.2) is 15.3 Å². The van der Waals surface area contributed by atoms with Crippen molar-refractivity contribution >= 4 is 5.78 Å². The molecule has 0 spiro atoms. The number of carbonyl (C=O) groups is 1. The molecule has 3 rings (SSSR count). The summed E-state index contributed by atoms with van der Waals surface area (Å²) in [6, 6.07) is 6.13. The maximum Gasteiger partial charge on any atom is 0.156 e. The number of ketones is 1. The molecule has 4 heteroatoms. The van der Waals surface area contributed by atoms with Crippen LogP contribution in [0.15, 0.2) is 24.3 Å². The van der Waals surface area contributed by atoms with Gasteiger partial charge in [-0.15, -0.1) is 0 Å². The van der Waals surface area contributed by atoms with Gasteiger partial charge < -0.3 is 4.57 Å². The van der Waals surface area contributed by atoms with Crippen LogP contribution in [0.5, 0.6) is 0 Å². The zero-order chi connectivity index (χ0) is 14.8. The van der Waals surface area contributed by atoms with Gasteiger partial charge in [-0.05, 0) is 50.3 Å². The van der Waals surface area contributed by atoms with Crippen LogP contribution in [0, 0.1) is 12.7 Å². The molecule has 0 atom stereocenters. The molecule has 1 aliphatic carbocycles. The Kier molecular flexibility index (Phi) is 3.86. The molecule has 1 aromatic carbocycles. The Labute approximate surface area is 123 Å². The van der Waals surface area contributed by atoms with E-state index in [1.54, 1.807) is 12.1 Å². The van der Waals surface area contributed by atoms with E-state index in [2.05, 4.69) is 9.55 Å². The number of aryl methyl sites for hydroxylation is 2. The fourth-order valence-corrected chi connectivity index (χ4v) is 3.01. The monoisotopic (exact) mass is 286 g/mol. The highest BCUT2D eigenvalue weighted by molar-refractivity contribution is 5.80. The summed E-state index contributed by atoms with van der Waals surface area (Å²) in [6.45, 7) is 2.33. The number of benzene rings is 1. The van der Waals surface area contributed by atoms with Crippen molar-refractivity contribution in [3.63, 3.8) is 0 Å². The van der Waals surface area contributed by atoms with Crippen LogP contribution in [0.4, 0.5) is 4.39 Å². The number of aromatic nitrogens is 2. The normalized spacial score (nSPS) is 14.0. The lowest BCUT2D eigenvalue weighted by Crippen LogP contribution is -2.17. The van der Waals surface area contributed by atoms with Gasteiger partial charge in [-0.3, -0.25) is 4.79 Å². The van der Waals surface area contributed by atoms with Crippen molar-refractivity contribution < 1.29 is 9.18 Å². The zero-order valence-electron chi connectivity index (χ0n) is 12.2. The number of halogens is 1. The molecule has 0 saturated carbocycles. The molecule has 0 amide bonds. The second-order valence-corrected chi connectivity index (χ2v) is 5.69. The number of carbonyl (C=O) groups excluding carboxylic acids is 1. The van der Waals surface area contributed by atoms with Gasteiger partial charge in [0.2, 0.25) is 0 Å². The van der Waals surface area contributed by atoms with Gasteiger partial charge in [0.05, 0.1) is 12.2 Å². The molecule has 0 unspecified atom stereocenters. The van der Waals surface area contributed by atoms with E-state index in [1.807, 2.05) is 6.92 Å². The molecular weight excluding hydrogens is 267 g/mol. The van der Waals surface area contributed by atoms with E-state index in [-0.39, 0.29) is 11.6 Å². The first-order valence-electron chi connectivity index (χ1n) is 7.44. The van der Waals surface area contributed by atoms with Gasteiger partial charge in [-0.25, -0.2) is 9.37 Å². The highest BCUT2D eigenvalue weighted by atomic mass is 19.1. The van der Waals surface area contributed by atoms with Gasteiger partial charge >= 0.3 is 0 Å². The predicted molar refractivity (Wildman–Crippen MR) is 78.7 cm³/mol. The van der Waals surface area contributed by atoms with Crippen molar-refractivity contribution in [2.75, 3.05) is 0 Å². The SMILES string of the molecule is Cc1nc2c(n1CC(=O)Cc1ccc(F)cc1)CCCC2. The van der Waals surface area contributed by atoms with Crippen LogP contribution in [0.3, 0.4) is 0 Å². The van der Waals surface area contributed by atoms with Crippen molar-refractivity contribution in [2.24, 2.45) is 0 Å². The van der Waals surface area contributed by atoms with Gasteiger partial charge in [-0.1, -0.05) is 12.1 Å². The van der Waals surface area contributed by atoms with Crippen LogP contribution in [0.2, 0.25) is 0 Å². The largest absolute Gasteiger partial charge is 0.325 e. The van der Waals surface area contributed by atoms with E-state index in [0.717, 1.165) is 29.9 Å². The number of fused-ring (bicyclic) bond motifs is 1. The number of imidazole rings is 1. The Morgan fingerprint density at radius 1 is 1.24 bits per heavy atom. The summed E-state index contributed by atoms with van der Waals surface area (Å²) in [5, 5.41) is 0. The molecule has 1 aliphatic rings. The van der Waals surface area contributed by atoms with Crippen molar-refractivity contribution in [1.29, 1.82) is 0 Å². The fraction of sp³-hybridized carbons (Fsp3) is 0.412. The van der Waals surface area contributed by atoms with Gasteiger partial charge in [-0.2, -0.15) is 0 Å². The highest BCUT2D eigenvalue weighted by Crippen LogP contribution is 2.22. The van der Waals surface area contributed by atoms with Gasteiger partial charge in [0.25, 0.3) is 0 Å². The van der Waals surface area contributed by atoms with Crippen LogP contribution in [-0.2, 0) is 30.6 Å². The molecule has 0 aliphatic heterocycles. The third kappa shape index (κ3) is 3.04. The van der Waals surface area contributed by atoms with Crippen LogP contribution < -0.4 is 0 Å². The van der Waals surface area contributed by atoms with Gasteiger partial charge in [0.15, 0.2) is 5.78 Å². The number of nitrogens with zero attached hydrogens (tertiary/aromatic N) is 2. The molecular formula is C17H19FN2O. The van der Waals surface area contributed by atoms with Gasteiger partial charge in [0.1, 0.15) is 11.6 Å². The summed E-state index contributed by atoms with van der Waals surface area (Å²) in [5.74, 6) is 0.788. The number of hydrogen-bond acceptors (Lipinski definition) is 2. The van der Waals surface area contributed by atoms with E-state index in [1.165, 1.54) is 30.7 Å². The minimum atomic E-state index is -0.272. The second kappa shape index (κ2) is 5.80. The first-order chi connectivity index (χ1) is 10.1. The molecule has 1 aromatic heterocycles. The lowest BCUT2D eigenvalue weighted by molar-refractivity contribution is -0.119. The van der Waals surface area contributed by atoms with Crippen LogP contribution >= 0.6 is 0 Å². The minimum Gasteiger partial charge on any atom is -0.325 e. The average Bonchev–Trinajstić information content (AvgIpc) is 2.78. The standard InChI is InChI=1S/C17H19FN2O/c1-12-19-16-4-2-3-5-17(16)20(12)11-15(21)10-13-6-8-14(18)9-7-13/h6-9H,2-5,10-11H2,1H3. The molecule has 21 heavy (non-hydrogen) atoms. The van der Waals surface area contributed by atoms with Crippen molar-refractivity contribution in [3.8, 4) is 0 Å². The molecule has 1 heterocycles. The van der Waals surface area contributed by atoms with Crippen molar-refractivity contribution in [2.45, 2.75) is 45.6 Å². The first-order valence-corrected chi connectivity index (χ1v) is 7.44. The van der Waals surface area contributed by atoms with E-state index >= 15 is 0 Å². The predicted octanol–water partition coefficient (Wildman–Crippen LogP) is 3.02. The third-order valence-corrected chi connectivity index (χ3v) is 4.07. The average molecular weight is 286 g/mol. The highest BCUT2D eigenvalue weighted by Gasteiger charge is 2.19. The fourth-order valence-electron chi connectivity index (χ4n) is 3.01. The van der Waals surface area contributed by atoms with Crippen LogP contribution in [0.1, 0.15) is 35.6 Å². The van der Waals surface area contributed by atoms with E-state index in [4.69, 9.17) is 0 Å². The first kappa shape index (κ1) is 14.0. The molecule has 0 bridgehead atoms. The number of hydrogen-bond donors (Lipinski definition) is 0. The van der Waals surface area contributed by atoms with Crippen molar-refractivity contribution in [1.82, 2.24) is 9.55 Å². The smallest absolute Gasteiger partial charge is 0.156 e. The second-order valence-electron chi connectivity index (χ2n) is 5.69.